The number of hydrogen-bond acceptors (Lipinski definition) is 4. The lowest BCUT2D eigenvalue weighted by Crippen LogP contribution is -2.30. The van der Waals surface area contributed by atoms with Crippen LogP contribution in [0.4, 0.5) is 0 Å². The van der Waals surface area contributed by atoms with Gasteiger partial charge in [0.1, 0.15) is 12.9 Å². The predicted molar refractivity (Wildman–Crippen MR) is 65.3 cm³/mol. The number of carboxylic acids is 1. The number of methoxy groups -OCH3 is 1. The molecular weight excluding hydrogens is 236 g/mol. The summed E-state index contributed by atoms with van der Waals surface area (Å²) in [6, 6.07) is 4.72. The van der Waals surface area contributed by atoms with E-state index < -0.39 is 11.4 Å². The topological polar surface area (TPSA) is 72.8 Å². The van der Waals surface area contributed by atoms with Crippen molar-refractivity contribution >= 4 is 12.3 Å². The third kappa shape index (κ3) is 3.23. The first-order valence-electron chi connectivity index (χ1n) is 5.40. The van der Waals surface area contributed by atoms with Gasteiger partial charge in [-0.1, -0.05) is 0 Å². The molecule has 0 saturated carbocycles. The van der Waals surface area contributed by atoms with Gasteiger partial charge in [-0.3, -0.25) is 9.59 Å². The van der Waals surface area contributed by atoms with Crippen molar-refractivity contribution in [2.24, 2.45) is 5.41 Å². The van der Waals surface area contributed by atoms with Crippen LogP contribution in [0.2, 0.25) is 0 Å². The molecule has 0 aliphatic carbocycles. The summed E-state index contributed by atoms with van der Waals surface area (Å²) in [6.07, 6.45) is 0.689. The molecular formula is C13H16O5. The molecule has 18 heavy (non-hydrogen) atoms. The molecule has 0 heterocycles. The Morgan fingerprint density at radius 1 is 1.39 bits per heavy atom. The van der Waals surface area contributed by atoms with Gasteiger partial charge in [0.05, 0.1) is 12.5 Å². The first-order valence-corrected chi connectivity index (χ1v) is 5.40. The number of aldehydes is 1. The second kappa shape index (κ2) is 5.53. The van der Waals surface area contributed by atoms with Crippen LogP contribution < -0.4 is 9.47 Å². The summed E-state index contributed by atoms with van der Waals surface area (Å²) in [5.41, 5.74) is -0.568. The SMILES string of the molecule is COc1ccc(C=O)cc1OCC(C)(C)C(=O)O. The first kappa shape index (κ1) is 14.0. The quantitative estimate of drug-likeness (QED) is 0.784. The second-order valence-corrected chi connectivity index (χ2v) is 4.51. The molecule has 0 spiro atoms. The first-order chi connectivity index (χ1) is 8.40. The van der Waals surface area contributed by atoms with Gasteiger partial charge in [0.25, 0.3) is 0 Å². The number of carbonyl (C=O) groups is 2. The molecule has 5 nitrogen and oxygen atoms in total. The van der Waals surface area contributed by atoms with Crippen molar-refractivity contribution in [3.8, 4) is 11.5 Å². The summed E-state index contributed by atoms with van der Waals surface area (Å²) in [4.78, 5) is 21.6. The van der Waals surface area contributed by atoms with E-state index in [1.54, 1.807) is 26.0 Å². The highest BCUT2D eigenvalue weighted by Gasteiger charge is 2.28. The third-order valence-electron chi connectivity index (χ3n) is 2.49. The molecule has 98 valence electrons. The summed E-state index contributed by atoms with van der Waals surface area (Å²) in [7, 11) is 1.48. The monoisotopic (exact) mass is 252 g/mol. The van der Waals surface area contributed by atoms with Crippen molar-refractivity contribution in [1.82, 2.24) is 0 Å². The maximum absolute atomic E-state index is 11.0. The van der Waals surface area contributed by atoms with Crippen LogP contribution in [0.25, 0.3) is 0 Å². The Bertz CT molecular complexity index is 451. The molecule has 0 bridgehead atoms. The molecule has 0 unspecified atom stereocenters. The summed E-state index contributed by atoms with van der Waals surface area (Å²) >= 11 is 0. The fourth-order valence-electron chi connectivity index (χ4n) is 1.20. The molecule has 0 aromatic heterocycles. The minimum absolute atomic E-state index is 0.0129. The van der Waals surface area contributed by atoms with E-state index in [1.165, 1.54) is 13.2 Å². The van der Waals surface area contributed by atoms with Crippen LogP contribution in [0.5, 0.6) is 11.5 Å². The number of ether oxygens (including phenoxy) is 2. The van der Waals surface area contributed by atoms with Gasteiger partial charge in [-0.25, -0.2) is 0 Å². The van der Waals surface area contributed by atoms with Crippen LogP contribution in [0.3, 0.4) is 0 Å². The van der Waals surface area contributed by atoms with E-state index in [2.05, 4.69) is 0 Å². The van der Waals surface area contributed by atoms with Gasteiger partial charge in [0, 0.05) is 5.56 Å². The zero-order valence-electron chi connectivity index (χ0n) is 10.6. The Balaban J connectivity index is 2.89. The van der Waals surface area contributed by atoms with Gasteiger partial charge >= 0.3 is 5.97 Å². The molecule has 1 aromatic carbocycles. The lowest BCUT2D eigenvalue weighted by atomic mass is 9.95. The zero-order chi connectivity index (χ0) is 13.8. The molecule has 0 saturated heterocycles. The normalized spacial score (nSPS) is 10.8. The number of carbonyl (C=O) groups excluding carboxylic acids is 1. The van der Waals surface area contributed by atoms with Gasteiger partial charge in [-0.15, -0.1) is 0 Å². The molecule has 0 amide bonds. The molecule has 0 radical (unpaired) electrons. The standard InChI is InChI=1S/C13H16O5/c1-13(2,12(15)16)8-18-11-6-9(7-14)4-5-10(11)17-3/h4-7H,8H2,1-3H3,(H,15,16). The van der Waals surface area contributed by atoms with Crippen molar-refractivity contribution in [2.45, 2.75) is 13.8 Å². The Kier molecular flexibility index (Phi) is 4.31. The summed E-state index contributed by atoms with van der Waals surface area (Å²) < 4.78 is 10.5. The highest BCUT2D eigenvalue weighted by atomic mass is 16.5. The lowest BCUT2D eigenvalue weighted by Gasteiger charge is -2.20. The van der Waals surface area contributed by atoms with Gasteiger partial charge in [-0.05, 0) is 32.0 Å². The Morgan fingerprint density at radius 3 is 2.56 bits per heavy atom. The fourth-order valence-corrected chi connectivity index (χ4v) is 1.20. The van der Waals surface area contributed by atoms with Crippen molar-refractivity contribution in [3.05, 3.63) is 23.8 Å². The maximum Gasteiger partial charge on any atom is 0.312 e. The lowest BCUT2D eigenvalue weighted by molar-refractivity contribution is -0.148. The average Bonchev–Trinajstić information content (AvgIpc) is 2.35. The van der Waals surface area contributed by atoms with Crippen LogP contribution in [0.15, 0.2) is 18.2 Å². The van der Waals surface area contributed by atoms with Crippen LogP contribution >= 0.6 is 0 Å². The Morgan fingerprint density at radius 2 is 2.06 bits per heavy atom. The van der Waals surface area contributed by atoms with Crippen molar-refractivity contribution < 1.29 is 24.2 Å². The number of benzene rings is 1. The Labute approximate surface area is 105 Å². The highest BCUT2D eigenvalue weighted by Crippen LogP contribution is 2.29. The fraction of sp³-hybridized carbons (Fsp3) is 0.385. The molecule has 0 aliphatic rings. The largest absolute Gasteiger partial charge is 0.493 e. The molecule has 1 aromatic rings. The average molecular weight is 252 g/mol. The van der Waals surface area contributed by atoms with Gasteiger partial charge in [0.2, 0.25) is 0 Å². The maximum atomic E-state index is 11.0. The number of aliphatic carboxylic acids is 1. The van der Waals surface area contributed by atoms with E-state index in [0.29, 0.717) is 23.3 Å². The minimum Gasteiger partial charge on any atom is -0.493 e. The van der Waals surface area contributed by atoms with Crippen LogP contribution in [-0.4, -0.2) is 31.1 Å². The van der Waals surface area contributed by atoms with Gasteiger partial charge < -0.3 is 14.6 Å². The molecule has 0 aliphatic heterocycles. The number of carboxylic acid groups (broad SMARTS) is 1. The molecule has 5 heteroatoms. The van der Waals surface area contributed by atoms with Crippen molar-refractivity contribution in [2.75, 3.05) is 13.7 Å². The van der Waals surface area contributed by atoms with Crippen LogP contribution in [0.1, 0.15) is 24.2 Å². The van der Waals surface area contributed by atoms with E-state index in [-0.39, 0.29) is 6.61 Å². The van der Waals surface area contributed by atoms with E-state index >= 15 is 0 Å². The Hall–Kier alpha value is -2.04. The third-order valence-corrected chi connectivity index (χ3v) is 2.49. The van der Waals surface area contributed by atoms with E-state index in [9.17, 15) is 9.59 Å². The van der Waals surface area contributed by atoms with Crippen molar-refractivity contribution in [1.29, 1.82) is 0 Å². The van der Waals surface area contributed by atoms with Crippen molar-refractivity contribution in [3.63, 3.8) is 0 Å². The summed E-state index contributed by atoms with van der Waals surface area (Å²) in [5, 5.41) is 8.98. The van der Waals surface area contributed by atoms with E-state index in [0.717, 1.165) is 0 Å². The summed E-state index contributed by atoms with van der Waals surface area (Å²) in [5.74, 6) is -0.133. The summed E-state index contributed by atoms with van der Waals surface area (Å²) in [6.45, 7) is 3.11. The molecule has 0 atom stereocenters. The number of hydrogen-bond donors (Lipinski definition) is 1. The van der Waals surface area contributed by atoms with Crippen LogP contribution in [-0.2, 0) is 4.79 Å². The predicted octanol–water partition coefficient (Wildman–Crippen LogP) is 2.00. The van der Waals surface area contributed by atoms with Gasteiger partial charge in [-0.2, -0.15) is 0 Å². The molecule has 0 fully saturated rings. The zero-order valence-corrected chi connectivity index (χ0v) is 10.6. The van der Waals surface area contributed by atoms with Crippen LogP contribution in [0, 0.1) is 5.41 Å². The molecule has 1 rings (SSSR count). The smallest absolute Gasteiger partial charge is 0.312 e. The van der Waals surface area contributed by atoms with E-state index in [1.807, 2.05) is 0 Å². The number of rotatable bonds is 6. The van der Waals surface area contributed by atoms with Gasteiger partial charge in [0.15, 0.2) is 11.5 Å². The van der Waals surface area contributed by atoms with E-state index in [4.69, 9.17) is 14.6 Å². The highest BCUT2D eigenvalue weighted by molar-refractivity contribution is 5.76. The second-order valence-electron chi connectivity index (χ2n) is 4.51. The molecule has 1 N–H and O–H groups in total. The minimum atomic E-state index is -1.01.